The van der Waals surface area contributed by atoms with Crippen molar-refractivity contribution in [3.63, 3.8) is 0 Å². The molecule has 2 nitrogen and oxygen atoms in total. The Kier molecular flexibility index (Phi) is 1.29. The Morgan fingerprint density at radius 2 is 1.80 bits per heavy atom. The third-order valence-electron chi connectivity index (χ3n) is 2.88. The number of hydrogen-bond acceptors (Lipinski definition) is 2. The average molecular weight is 141 g/mol. The van der Waals surface area contributed by atoms with Crippen LogP contribution < -0.4 is 5.32 Å². The molecule has 1 aliphatic heterocycles. The zero-order valence-corrected chi connectivity index (χ0v) is 6.43. The molecule has 0 radical (unpaired) electrons. The smallest absolute Gasteiger partial charge is 0.0626 e. The van der Waals surface area contributed by atoms with Gasteiger partial charge < -0.3 is 10.4 Å². The van der Waals surface area contributed by atoms with Gasteiger partial charge in [0.25, 0.3) is 0 Å². The van der Waals surface area contributed by atoms with E-state index >= 15 is 0 Å². The average Bonchev–Trinajstić information content (AvgIpc) is 2.20. The molecule has 2 rings (SSSR count). The Morgan fingerprint density at radius 1 is 1.30 bits per heavy atom. The number of rotatable bonds is 0. The van der Waals surface area contributed by atoms with Crippen LogP contribution in [0.15, 0.2) is 0 Å². The SMILES string of the molecule is CC1(O)C[C@H]2CNC[C@@H]2C1. The Labute approximate surface area is 61.6 Å². The molecule has 0 aromatic rings. The van der Waals surface area contributed by atoms with Crippen LogP contribution in [0.25, 0.3) is 0 Å². The van der Waals surface area contributed by atoms with Gasteiger partial charge in [0.2, 0.25) is 0 Å². The van der Waals surface area contributed by atoms with Crippen LogP contribution in [0.1, 0.15) is 19.8 Å². The first-order chi connectivity index (χ1) is 4.67. The van der Waals surface area contributed by atoms with Crippen molar-refractivity contribution in [2.75, 3.05) is 13.1 Å². The van der Waals surface area contributed by atoms with Crippen LogP contribution in [0.2, 0.25) is 0 Å². The lowest BCUT2D eigenvalue weighted by Crippen LogP contribution is -2.23. The highest BCUT2D eigenvalue weighted by Gasteiger charge is 2.42. The van der Waals surface area contributed by atoms with E-state index in [4.69, 9.17) is 0 Å². The van der Waals surface area contributed by atoms with Crippen molar-refractivity contribution in [3.8, 4) is 0 Å². The highest BCUT2D eigenvalue weighted by Crippen LogP contribution is 2.40. The molecular weight excluding hydrogens is 126 g/mol. The molecular formula is C8H15NO. The highest BCUT2D eigenvalue weighted by molar-refractivity contribution is 4.96. The van der Waals surface area contributed by atoms with Crippen LogP contribution in [0.5, 0.6) is 0 Å². The monoisotopic (exact) mass is 141 g/mol. The van der Waals surface area contributed by atoms with Gasteiger partial charge in [0.05, 0.1) is 5.60 Å². The second kappa shape index (κ2) is 1.95. The second-order valence-electron chi connectivity index (χ2n) is 4.08. The van der Waals surface area contributed by atoms with Crippen molar-refractivity contribution in [1.82, 2.24) is 5.32 Å². The standard InChI is InChI=1S/C8H15NO/c1-8(10)2-6-4-9-5-7(6)3-8/h6-7,9-10H,2-5H2,1H3/t6-,7-/m0/s1. The molecule has 1 saturated heterocycles. The molecule has 2 atom stereocenters. The van der Waals surface area contributed by atoms with E-state index in [0.29, 0.717) is 0 Å². The summed E-state index contributed by atoms with van der Waals surface area (Å²) in [5, 5.41) is 13.0. The normalized spacial score (nSPS) is 43.8. The van der Waals surface area contributed by atoms with E-state index in [-0.39, 0.29) is 5.60 Å². The fraction of sp³-hybridized carbons (Fsp3) is 1.00. The first-order valence-corrected chi connectivity index (χ1v) is 4.10. The van der Waals surface area contributed by atoms with Crippen molar-refractivity contribution in [3.05, 3.63) is 0 Å². The molecule has 0 aromatic carbocycles. The maximum atomic E-state index is 9.67. The number of hydrogen-bond donors (Lipinski definition) is 2. The Hall–Kier alpha value is -0.0800. The van der Waals surface area contributed by atoms with E-state index in [0.717, 1.165) is 37.8 Å². The van der Waals surface area contributed by atoms with Gasteiger partial charge in [-0.1, -0.05) is 0 Å². The molecule has 1 heterocycles. The molecule has 1 saturated carbocycles. The van der Waals surface area contributed by atoms with Crippen molar-refractivity contribution < 1.29 is 5.11 Å². The number of aliphatic hydroxyl groups is 1. The third-order valence-corrected chi connectivity index (χ3v) is 2.88. The largest absolute Gasteiger partial charge is 0.390 e. The Balaban J connectivity index is 2.07. The molecule has 0 bridgehead atoms. The maximum absolute atomic E-state index is 9.67. The van der Waals surface area contributed by atoms with Crippen LogP contribution in [0, 0.1) is 11.8 Å². The minimum Gasteiger partial charge on any atom is -0.390 e. The minimum atomic E-state index is -0.350. The first-order valence-electron chi connectivity index (χ1n) is 4.10. The first kappa shape index (κ1) is 6.62. The van der Waals surface area contributed by atoms with E-state index in [9.17, 15) is 5.11 Å². The van der Waals surface area contributed by atoms with Crippen molar-refractivity contribution in [2.24, 2.45) is 11.8 Å². The summed E-state index contributed by atoms with van der Waals surface area (Å²) >= 11 is 0. The Morgan fingerprint density at radius 3 is 2.30 bits per heavy atom. The van der Waals surface area contributed by atoms with Crippen LogP contribution >= 0.6 is 0 Å². The quantitative estimate of drug-likeness (QED) is 0.510. The summed E-state index contributed by atoms with van der Waals surface area (Å²) in [4.78, 5) is 0. The van der Waals surface area contributed by atoms with Gasteiger partial charge in [0.1, 0.15) is 0 Å². The molecule has 58 valence electrons. The summed E-state index contributed by atoms with van der Waals surface area (Å²) in [5.74, 6) is 1.52. The van der Waals surface area contributed by atoms with E-state index in [2.05, 4.69) is 5.32 Å². The summed E-state index contributed by atoms with van der Waals surface area (Å²) in [6.45, 7) is 4.22. The summed E-state index contributed by atoms with van der Waals surface area (Å²) in [5.41, 5.74) is -0.350. The molecule has 0 aromatic heterocycles. The van der Waals surface area contributed by atoms with Crippen molar-refractivity contribution in [1.29, 1.82) is 0 Å². The zero-order valence-electron chi connectivity index (χ0n) is 6.43. The van der Waals surface area contributed by atoms with Crippen LogP contribution in [0.3, 0.4) is 0 Å². The van der Waals surface area contributed by atoms with Crippen molar-refractivity contribution in [2.45, 2.75) is 25.4 Å². The van der Waals surface area contributed by atoms with Crippen LogP contribution in [0.4, 0.5) is 0 Å². The summed E-state index contributed by atoms with van der Waals surface area (Å²) in [6, 6.07) is 0. The van der Waals surface area contributed by atoms with E-state index in [1.165, 1.54) is 0 Å². The number of nitrogens with one attached hydrogen (secondary N) is 1. The zero-order chi connectivity index (χ0) is 7.19. The fourth-order valence-corrected chi connectivity index (χ4v) is 2.48. The van der Waals surface area contributed by atoms with Gasteiger partial charge in [-0.05, 0) is 44.7 Å². The van der Waals surface area contributed by atoms with Gasteiger partial charge in [-0.3, -0.25) is 0 Å². The molecule has 2 N–H and O–H groups in total. The van der Waals surface area contributed by atoms with Gasteiger partial charge >= 0.3 is 0 Å². The van der Waals surface area contributed by atoms with E-state index < -0.39 is 0 Å². The molecule has 0 unspecified atom stereocenters. The molecule has 1 aliphatic carbocycles. The molecule has 2 heteroatoms. The molecule has 0 amide bonds. The summed E-state index contributed by atoms with van der Waals surface area (Å²) < 4.78 is 0. The van der Waals surface area contributed by atoms with Gasteiger partial charge in [0, 0.05) is 0 Å². The molecule has 0 spiro atoms. The maximum Gasteiger partial charge on any atom is 0.0626 e. The van der Waals surface area contributed by atoms with Gasteiger partial charge in [0.15, 0.2) is 0 Å². The minimum absolute atomic E-state index is 0.350. The van der Waals surface area contributed by atoms with Gasteiger partial charge in [-0.2, -0.15) is 0 Å². The van der Waals surface area contributed by atoms with Gasteiger partial charge in [-0.15, -0.1) is 0 Å². The lowest BCUT2D eigenvalue weighted by Gasteiger charge is -2.16. The Bertz CT molecular complexity index is 130. The third kappa shape index (κ3) is 0.956. The number of fused-ring (bicyclic) bond motifs is 1. The topological polar surface area (TPSA) is 32.3 Å². The van der Waals surface area contributed by atoms with Gasteiger partial charge in [-0.25, -0.2) is 0 Å². The predicted octanol–water partition coefficient (Wildman–Crippen LogP) is 0.367. The summed E-state index contributed by atoms with van der Waals surface area (Å²) in [6.07, 6.45) is 2.01. The van der Waals surface area contributed by atoms with E-state index in [1.807, 2.05) is 6.92 Å². The molecule has 2 fully saturated rings. The lowest BCUT2D eigenvalue weighted by atomic mass is 10.0. The fourth-order valence-electron chi connectivity index (χ4n) is 2.48. The van der Waals surface area contributed by atoms with Crippen molar-refractivity contribution >= 4 is 0 Å². The highest BCUT2D eigenvalue weighted by atomic mass is 16.3. The molecule has 2 aliphatic rings. The van der Waals surface area contributed by atoms with Crippen LogP contribution in [-0.2, 0) is 0 Å². The summed E-state index contributed by atoms with van der Waals surface area (Å²) in [7, 11) is 0. The second-order valence-corrected chi connectivity index (χ2v) is 4.08. The molecule has 10 heavy (non-hydrogen) atoms. The van der Waals surface area contributed by atoms with Crippen LogP contribution in [-0.4, -0.2) is 23.8 Å². The van der Waals surface area contributed by atoms with E-state index in [1.54, 1.807) is 0 Å². The lowest BCUT2D eigenvalue weighted by molar-refractivity contribution is 0.0594. The predicted molar refractivity (Wildman–Crippen MR) is 39.7 cm³/mol.